The molecule has 0 saturated carbocycles. The highest BCUT2D eigenvalue weighted by Crippen LogP contribution is 2.24. The van der Waals surface area contributed by atoms with Gasteiger partial charge in [0.2, 0.25) is 0 Å². The van der Waals surface area contributed by atoms with Gasteiger partial charge in [-0.2, -0.15) is 0 Å². The van der Waals surface area contributed by atoms with E-state index >= 15 is 0 Å². The number of carboxylic acid groups (broad SMARTS) is 1. The lowest BCUT2D eigenvalue weighted by Gasteiger charge is -2.09. The molecule has 0 radical (unpaired) electrons. The smallest absolute Gasteiger partial charge is 0.337 e. The summed E-state index contributed by atoms with van der Waals surface area (Å²) in [6, 6.07) is 10.4. The molecular weight excluding hydrogens is 365 g/mol. The number of halogens is 3. The molecule has 6 heteroatoms. The first-order valence-corrected chi connectivity index (χ1v) is 7.23. The van der Waals surface area contributed by atoms with Gasteiger partial charge in [0.1, 0.15) is 0 Å². The molecule has 2 rings (SSSR count). The molecule has 0 aliphatic heterocycles. The van der Waals surface area contributed by atoms with E-state index in [4.69, 9.17) is 28.3 Å². The first-order valence-electron chi connectivity index (χ1n) is 5.68. The summed E-state index contributed by atoms with van der Waals surface area (Å²) in [7, 11) is 0. The molecule has 0 aliphatic rings. The molecule has 104 valence electrons. The Hall–Kier alpha value is -1.23. The van der Waals surface area contributed by atoms with Crippen molar-refractivity contribution in [3.05, 3.63) is 62.0 Å². The van der Waals surface area contributed by atoms with Crippen molar-refractivity contribution in [3.63, 3.8) is 0 Å². The minimum atomic E-state index is -1.05. The maximum atomic E-state index is 11.0. The van der Waals surface area contributed by atoms with E-state index < -0.39 is 5.97 Å². The third-order valence-corrected chi connectivity index (χ3v) is 4.22. The number of rotatable bonds is 4. The number of carbonyl (C=O) groups is 1. The average molecular weight is 375 g/mol. The van der Waals surface area contributed by atoms with E-state index in [-0.39, 0.29) is 10.6 Å². The number of hydrogen-bond acceptors (Lipinski definition) is 2. The first kappa shape index (κ1) is 15.2. The van der Waals surface area contributed by atoms with Crippen LogP contribution in [0, 0.1) is 0 Å². The molecule has 20 heavy (non-hydrogen) atoms. The summed E-state index contributed by atoms with van der Waals surface area (Å²) in [6.07, 6.45) is 0. The summed E-state index contributed by atoms with van der Waals surface area (Å²) in [4.78, 5) is 11.0. The van der Waals surface area contributed by atoms with Gasteiger partial charge in [-0.15, -0.1) is 0 Å². The zero-order valence-corrected chi connectivity index (χ0v) is 13.3. The van der Waals surface area contributed by atoms with Gasteiger partial charge in [-0.1, -0.05) is 29.3 Å². The van der Waals surface area contributed by atoms with E-state index in [0.29, 0.717) is 17.3 Å². The van der Waals surface area contributed by atoms with Crippen LogP contribution in [0.15, 0.2) is 40.9 Å². The van der Waals surface area contributed by atoms with Crippen molar-refractivity contribution < 1.29 is 9.90 Å². The van der Waals surface area contributed by atoms with E-state index in [0.717, 1.165) is 10.0 Å². The lowest BCUT2D eigenvalue weighted by atomic mass is 10.2. The van der Waals surface area contributed by atoms with Crippen LogP contribution in [0.25, 0.3) is 0 Å². The van der Waals surface area contributed by atoms with Gasteiger partial charge in [-0.25, -0.2) is 4.79 Å². The summed E-state index contributed by atoms with van der Waals surface area (Å²) in [5, 5.41) is 13.0. The molecule has 0 amide bonds. The highest BCUT2D eigenvalue weighted by atomic mass is 79.9. The molecule has 0 bridgehead atoms. The van der Waals surface area contributed by atoms with Crippen molar-refractivity contribution in [2.24, 2.45) is 0 Å². The van der Waals surface area contributed by atoms with Gasteiger partial charge < -0.3 is 10.4 Å². The predicted molar refractivity (Wildman–Crippen MR) is 84.9 cm³/mol. The number of hydrogen-bond donors (Lipinski definition) is 2. The van der Waals surface area contributed by atoms with Crippen LogP contribution in [-0.4, -0.2) is 11.1 Å². The molecule has 0 saturated heterocycles. The number of anilines is 1. The zero-order chi connectivity index (χ0) is 14.7. The van der Waals surface area contributed by atoms with Gasteiger partial charge in [0.05, 0.1) is 15.6 Å². The molecule has 0 spiro atoms. The Morgan fingerprint density at radius 1 is 1.15 bits per heavy atom. The van der Waals surface area contributed by atoms with Crippen LogP contribution in [0.3, 0.4) is 0 Å². The Kier molecular flexibility index (Phi) is 4.91. The van der Waals surface area contributed by atoms with Gasteiger partial charge in [0.25, 0.3) is 0 Å². The fraction of sp³-hybridized carbons (Fsp3) is 0.0714. The summed E-state index contributed by atoms with van der Waals surface area (Å²) in [5.41, 5.74) is 1.79. The molecule has 2 aromatic carbocycles. The third-order valence-electron chi connectivity index (χ3n) is 2.68. The molecule has 0 aromatic heterocycles. The molecule has 3 nitrogen and oxygen atoms in total. The summed E-state index contributed by atoms with van der Waals surface area (Å²) in [5.74, 6) is -1.05. The second kappa shape index (κ2) is 6.48. The van der Waals surface area contributed by atoms with Crippen molar-refractivity contribution in [1.29, 1.82) is 0 Å². The van der Waals surface area contributed by atoms with Crippen LogP contribution in [-0.2, 0) is 6.54 Å². The summed E-state index contributed by atoms with van der Waals surface area (Å²) < 4.78 is 0.820. The fourth-order valence-electron chi connectivity index (χ4n) is 1.65. The molecule has 0 atom stereocenters. The molecule has 0 fully saturated rings. The number of benzene rings is 2. The van der Waals surface area contributed by atoms with Crippen LogP contribution in [0.2, 0.25) is 10.0 Å². The first-order chi connectivity index (χ1) is 9.47. The van der Waals surface area contributed by atoms with Crippen LogP contribution in [0.1, 0.15) is 15.9 Å². The molecule has 0 unspecified atom stereocenters. The van der Waals surface area contributed by atoms with Gasteiger partial charge in [-0.05, 0) is 51.8 Å². The van der Waals surface area contributed by atoms with E-state index in [1.54, 1.807) is 18.2 Å². The topological polar surface area (TPSA) is 49.3 Å². The average Bonchev–Trinajstić information content (AvgIpc) is 2.41. The maximum Gasteiger partial charge on any atom is 0.337 e. The summed E-state index contributed by atoms with van der Waals surface area (Å²) >= 11 is 15.1. The van der Waals surface area contributed by atoms with E-state index in [1.807, 2.05) is 12.1 Å². The molecular formula is C14H10BrCl2NO2. The summed E-state index contributed by atoms with van der Waals surface area (Å²) in [6.45, 7) is 0.552. The standard InChI is InChI=1S/C14H10BrCl2NO2/c15-11-5-8(1-3-13(11)17)7-18-9-2-4-12(16)10(6-9)14(19)20/h1-6,18H,7H2,(H,19,20). The van der Waals surface area contributed by atoms with Gasteiger partial charge in [0.15, 0.2) is 0 Å². The fourth-order valence-corrected chi connectivity index (χ4v) is 2.39. The molecule has 2 aromatic rings. The van der Waals surface area contributed by atoms with Crippen LogP contribution in [0.4, 0.5) is 5.69 Å². The molecule has 2 N–H and O–H groups in total. The second-order valence-electron chi connectivity index (χ2n) is 4.10. The van der Waals surface area contributed by atoms with Gasteiger partial charge >= 0.3 is 5.97 Å². The highest BCUT2D eigenvalue weighted by molar-refractivity contribution is 9.10. The van der Waals surface area contributed by atoms with Crippen molar-refractivity contribution >= 4 is 50.8 Å². The van der Waals surface area contributed by atoms with E-state index in [9.17, 15) is 4.79 Å². The third kappa shape index (κ3) is 3.66. The molecule has 0 aliphatic carbocycles. The SMILES string of the molecule is O=C(O)c1cc(NCc2ccc(Cl)c(Br)c2)ccc1Cl. The number of nitrogens with one attached hydrogen (secondary N) is 1. The highest BCUT2D eigenvalue weighted by Gasteiger charge is 2.09. The number of carboxylic acids is 1. The Morgan fingerprint density at radius 3 is 2.50 bits per heavy atom. The maximum absolute atomic E-state index is 11.0. The van der Waals surface area contributed by atoms with Crippen LogP contribution < -0.4 is 5.32 Å². The zero-order valence-electron chi connectivity index (χ0n) is 10.2. The molecule has 0 heterocycles. The van der Waals surface area contributed by atoms with Crippen molar-refractivity contribution in [2.45, 2.75) is 6.54 Å². The monoisotopic (exact) mass is 373 g/mol. The van der Waals surface area contributed by atoms with E-state index in [1.165, 1.54) is 6.07 Å². The minimum absolute atomic E-state index is 0.0777. The Balaban J connectivity index is 2.12. The Morgan fingerprint density at radius 2 is 1.85 bits per heavy atom. The number of aromatic carboxylic acids is 1. The quantitative estimate of drug-likeness (QED) is 0.785. The lowest BCUT2D eigenvalue weighted by Crippen LogP contribution is -2.02. The normalized spacial score (nSPS) is 10.3. The lowest BCUT2D eigenvalue weighted by molar-refractivity contribution is 0.0697. The van der Waals surface area contributed by atoms with Gasteiger partial charge in [0, 0.05) is 16.7 Å². The minimum Gasteiger partial charge on any atom is -0.478 e. The van der Waals surface area contributed by atoms with Crippen LogP contribution in [0.5, 0.6) is 0 Å². The van der Waals surface area contributed by atoms with E-state index in [2.05, 4.69) is 21.2 Å². The van der Waals surface area contributed by atoms with Crippen molar-refractivity contribution in [3.8, 4) is 0 Å². The largest absolute Gasteiger partial charge is 0.478 e. The Bertz CT molecular complexity index is 662. The Labute approximate surface area is 134 Å². The van der Waals surface area contributed by atoms with Crippen molar-refractivity contribution in [1.82, 2.24) is 0 Å². The second-order valence-corrected chi connectivity index (χ2v) is 5.77. The van der Waals surface area contributed by atoms with Crippen molar-refractivity contribution in [2.75, 3.05) is 5.32 Å². The van der Waals surface area contributed by atoms with Gasteiger partial charge in [-0.3, -0.25) is 0 Å². The predicted octanol–water partition coefficient (Wildman–Crippen LogP) is 5.07. The van der Waals surface area contributed by atoms with Crippen LogP contribution >= 0.6 is 39.1 Å².